The van der Waals surface area contributed by atoms with Gasteiger partial charge in [-0.2, -0.15) is 0 Å². The van der Waals surface area contributed by atoms with Crippen molar-refractivity contribution in [2.24, 2.45) is 0 Å². The third kappa shape index (κ3) is 15.2. The van der Waals surface area contributed by atoms with Crippen molar-refractivity contribution < 1.29 is 18.6 Å². The van der Waals surface area contributed by atoms with E-state index in [1.807, 2.05) is 27.9 Å². The summed E-state index contributed by atoms with van der Waals surface area (Å²) in [6.45, 7) is 5.34. The second kappa shape index (κ2) is 14.9. The van der Waals surface area contributed by atoms with Crippen LogP contribution in [0.2, 0.25) is 0 Å². The molecule has 22 heavy (non-hydrogen) atoms. The molecule has 0 fully saturated rings. The van der Waals surface area contributed by atoms with E-state index < -0.39 is 4.70 Å². The molecule has 0 N–H and O–H groups in total. The Morgan fingerprint density at radius 1 is 0.955 bits per heavy atom. The summed E-state index contributed by atoms with van der Waals surface area (Å²) < 4.78 is 9.27. The highest BCUT2D eigenvalue weighted by Gasteiger charge is 2.15. The molecule has 0 heterocycles. The molecule has 132 valence electrons. The Kier molecular flexibility index (Phi) is 16.6. The van der Waals surface area contributed by atoms with Crippen LogP contribution in [0.15, 0.2) is 0 Å². The molecule has 0 aromatic rings. The Balaban J connectivity index is 0. The van der Waals surface area contributed by atoms with Gasteiger partial charge in [0.25, 0.3) is 0 Å². The van der Waals surface area contributed by atoms with E-state index >= 15 is 0 Å². The number of hydrogen-bond donors (Lipinski definition) is 0. The van der Waals surface area contributed by atoms with E-state index in [1.165, 1.54) is 0 Å². The fourth-order valence-corrected chi connectivity index (χ4v) is 1.64. The quantitative estimate of drug-likeness (QED) is 0.464. The number of halogens is 2. The van der Waals surface area contributed by atoms with Crippen LogP contribution in [0.1, 0.15) is 26.7 Å². The van der Waals surface area contributed by atoms with Gasteiger partial charge in [-0.15, -0.1) is 0 Å². The highest BCUT2D eigenvalue weighted by Crippen LogP contribution is 2.06. The van der Waals surface area contributed by atoms with E-state index in [0.717, 1.165) is 12.8 Å². The molecule has 0 aromatic heterocycles. The predicted octanol–water partition coefficient (Wildman–Crippen LogP) is 3.72. The van der Waals surface area contributed by atoms with Gasteiger partial charge in [-0.1, -0.05) is 0 Å². The molecule has 0 aromatic carbocycles. The zero-order valence-electron chi connectivity index (χ0n) is 13.4. The first-order valence-corrected chi connectivity index (χ1v) is 8.37. The van der Waals surface area contributed by atoms with Crippen molar-refractivity contribution in [3.05, 3.63) is 0 Å². The fourth-order valence-electron chi connectivity index (χ4n) is 1.37. The summed E-state index contributed by atoms with van der Waals surface area (Å²) in [5, 5.41) is 0. The molecule has 0 aliphatic rings. The molecule has 0 bridgehead atoms. The zero-order chi connectivity index (χ0) is 17.7. The van der Waals surface area contributed by atoms with Crippen LogP contribution in [-0.4, -0.2) is 59.9 Å². The lowest BCUT2D eigenvalue weighted by Gasteiger charge is -2.26. The first-order chi connectivity index (χ1) is 10.1. The molecular formula is C12H26Cl2N2O4P2. The van der Waals surface area contributed by atoms with Gasteiger partial charge in [0.2, 0.25) is 0 Å². The van der Waals surface area contributed by atoms with Crippen LogP contribution in [0, 0.1) is 0 Å². The van der Waals surface area contributed by atoms with Crippen molar-refractivity contribution in [1.29, 1.82) is 0 Å². The maximum Gasteiger partial charge on any atom is 0.319 e. The van der Waals surface area contributed by atoms with E-state index in [2.05, 4.69) is 42.1 Å². The Bertz CT molecular complexity index is 302. The van der Waals surface area contributed by atoms with Crippen molar-refractivity contribution in [2.75, 3.05) is 27.2 Å². The van der Waals surface area contributed by atoms with Gasteiger partial charge in [-0.25, -0.2) is 4.79 Å². The molecular weight excluding hydrogens is 369 g/mol. The number of carbonyl (C=O) groups excluding carboxylic acids is 2. The molecule has 2 amide bonds. The lowest BCUT2D eigenvalue weighted by molar-refractivity contribution is 0.155. The number of urea groups is 1. The van der Waals surface area contributed by atoms with Crippen LogP contribution in [0.4, 0.5) is 9.59 Å². The number of hydrogen-bond acceptors (Lipinski definition) is 4. The average Bonchev–Trinajstić information content (AvgIpc) is 2.47. The summed E-state index contributed by atoms with van der Waals surface area (Å²) in [7, 11) is 8.11. The maximum absolute atomic E-state index is 12.0. The number of nitrogens with zero attached hydrogens (tertiary/aromatic N) is 2. The summed E-state index contributed by atoms with van der Waals surface area (Å²) in [6.07, 6.45) is 1.93. The van der Waals surface area contributed by atoms with Crippen molar-refractivity contribution in [3.63, 3.8) is 0 Å². The van der Waals surface area contributed by atoms with Crippen LogP contribution in [-0.2, 0) is 9.05 Å². The van der Waals surface area contributed by atoms with Crippen LogP contribution < -0.4 is 0 Å². The second-order valence-corrected chi connectivity index (χ2v) is 6.25. The standard InChI is InChI=1S/C11H26N2O3P2.CCl2O/c1-9(15-17)5-7-12(3)11(14)13(4)8-6-10(2)16-18;2-1(3)4/h9-10H,5-8,17-18H2,1-4H3;. The summed E-state index contributed by atoms with van der Waals surface area (Å²) >= 11 is 8.80. The predicted molar refractivity (Wildman–Crippen MR) is 97.5 cm³/mol. The molecule has 4 atom stereocenters. The van der Waals surface area contributed by atoms with Gasteiger partial charge >= 0.3 is 10.7 Å². The van der Waals surface area contributed by atoms with Gasteiger partial charge in [0, 0.05) is 46.1 Å². The third-order valence-corrected chi connectivity index (χ3v) is 3.79. The Hall–Kier alpha value is 0.300. The van der Waals surface area contributed by atoms with Crippen molar-refractivity contribution in [3.8, 4) is 0 Å². The third-order valence-electron chi connectivity index (χ3n) is 2.86. The van der Waals surface area contributed by atoms with Crippen LogP contribution in [0.25, 0.3) is 0 Å². The van der Waals surface area contributed by atoms with E-state index in [4.69, 9.17) is 13.8 Å². The van der Waals surface area contributed by atoms with Gasteiger partial charge in [0.15, 0.2) is 0 Å². The monoisotopic (exact) mass is 394 g/mol. The summed E-state index contributed by atoms with van der Waals surface area (Å²) in [4.78, 5) is 24.4. The molecule has 0 spiro atoms. The first kappa shape index (κ1) is 24.6. The smallest absolute Gasteiger partial charge is 0.319 e. The van der Waals surface area contributed by atoms with Crippen LogP contribution in [0.5, 0.6) is 0 Å². The van der Waals surface area contributed by atoms with Crippen molar-refractivity contribution >= 4 is 52.9 Å². The Labute approximate surface area is 147 Å². The molecule has 0 saturated carbocycles. The average molecular weight is 395 g/mol. The van der Waals surface area contributed by atoms with E-state index in [9.17, 15) is 4.79 Å². The lowest BCUT2D eigenvalue weighted by atomic mass is 10.2. The lowest BCUT2D eigenvalue weighted by Crippen LogP contribution is -2.40. The van der Waals surface area contributed by atoms with Crippen molar-refractivity contribution in [2.45, 2.75) is 38.9 Å². The minimum Gasteiger partial charge on any atom is -0.363 e. The molecule has 0 radical (unpaired) electrons. The van der Waals surface area contributed by atoms with Crippen LogP contribution >= 0.6 is 42.1 Å². The first-order valence-electron chi connectivity index (χ1n) is 6.67. The summed E-state index contributed by atoms with van der Waals surface area (Å²) in [5.74, 6) is 0. The minimum absolute atomic E-state index is 0.0295. The fraction of sp³-hybridized carbons (Fsp3) is 0.833. The molecule has 4 unspecified atom stereocenters. The molecule has 10 heteroatoms. The summed E-state index contributed by atoms with van der Waals surface area (Å²) in [6, 6.07) is 0.0295. The Morgan fingerprint density at radius 2 is 1.23 bits per heavy atom. The highest BCUT2D eigenvalue weighted by molar-refractivity contribution is 7.10. The van der Waals surface area contributed by atoms with Gasteiger partial charge < -0.3 is 18.8 Å². The topological polar surface area (TPSA) is 59.1 Å². The van der Waals surface area contributed by atoms with Gasteiger partial charge in [0.1, 0.15) is 0 Å². The van der Waals surface area contributed by atoms with Gasteiger partial charge in [-0.3, -0.25) is 4.79 Å². The van der Waals surface area contributed by atoms with E-state index in [1.54, 1.807) is 9.80 Å². The minimum atomic E-state index is -0.889. The number of rotatable bonds is 8. The number of carbonyl (C=O) groups is 2. The van der Waals surface area contributed by atoms with E-state index in [-0.39, 0.29) is 18.2 Å². The maximum atomic E-state index is 12.0. The van der Waals surface area contributed by atoms with Gasteiger partial charge in [-0.05, 0) is 49.9 Å². The molecule has 0 rings (SSSR count). The normalized spacial score (nSPS) is 12.7. The van der Waals surface area contributed by atoms with E-state index in [0.29, 0.717) is 13.1 Å². The second-order valence-electron chi connectivity index (χ2n) is 4.82. The number of amides is 2. The summed E-state index contributed by atoms with van der Waals surface area (Å²) in [5.41, 5.74) is 0. The SMILES string of the molecule is CC(CCN(C)C(=O)N(C)CCC(C)OP)OP.O=C(Cl)Cl. The van der Waals surface area contributed by atoms with Gasteiger partial charge in [0.05, 0.1) is 12.2 Å². The largest absolute Gasteiger partial charge is 0.363 e. The molecule has 0 saturated heterocycles. The Morgan fingerprint density at radius 3 is 1.45 bits per heavy atom. The van der Waals surface area contributed by atoms with Crippen molar-refractivity contribution in [1.82, 2.24) is 9.80 Å². The molecule has 0 aliphatic carbocycles. The van der Waals surface area contributed by atoms with Crippen LogP contribution in [0.3, 0.4) is 0 Å². The molecule has 6 nitrogen and oxygen atoms in total. The highest BCUT2D eigenvalue weighted by atomic mass is 35.5. The zero-order valence-corrected chi connectivity index (χ0v) is 17.2. The molecule has 0 aliphatic heterocycles.